The maximum atomic E-state index is 5.97. The molecule has 4 heteroatoms. The number of nitrogens with one attached hydrogen (secondary N) is 1. The summed E-state index contributed by atoms with van der Waals surface area (Å²) < 4.78 is 6.89. The van der Waals surface area contributed by atoms with Crippen molar-refractivity contribution >= 4 is 33.5 Å². The minimum atomic E-state index is 0.299. The van der Waals surface area contributed by atoms with Gasteiger partial charge in [-0.2, -0.15) is 0 Å². The Morgan fingerprint density at radius 1 is 0.973 bits per heavy atom. The molecule has 2 aliphatic rings. The average molecular weight is 550 g/mol. The second-order valence-corrected chi connectivity index (χ2v) is 10.7. The first-order chi connectivity index (χ1) is 18.1. The number of hydrogen-bond donors (Lipinski definition) is 1. The number of hydrogen-bond acceptors (Lipinski definition) is 3. The molecule has 0 unspecified atom stereocenters. The standard InChI is InChI=1S/C33H29BrN2O/c1-22-10-16-31-29(18-22)27-8-5-9-28(27)33(36-31)25-12-14-26(15-13-25)35-20-24-11-17-32(30(34)19-24)37-21-23-6-3-2-4-7-23/h2-8,10-20,27-28,33,36H,9,21H2,1H3/t27-,28-,33+/m1/s1. The van der Waals surface area contributed by atoms with Crippen LogP contribution in [0.3, 0.4) is 0 Å². The lowest BCUT2D eigenvalue weighted by Crippen LogP contribution is -2.29. The van der Waals surface area contributed by atoms with Gasteiger partial charge in [0.05, 0.1) is 16.2 Å². The molecule has 184 valence electrons. The SMILES string of the molecule is Cc1ccc2c(c1)[C@@H]1C=CC[C@H]1[C@H](c1ccc(N=Cc3ccc(OCc4ccccc4)c(Br)c3)cc1)N2. The lowest BCUT2D eigenvalue weighted by atomic mass is 9.76. The maximum absolute atomic E-state index is 5.97. The highest BCUT2D eigenvalue weighted by Crippen LogP contribution is 2.50. The summed E-state index contributed by atoms with van der Waals surface area (Å²) in [7, 11) is 0. The first-order valence-electron chi connectivity index (χ1n) is 12.8. The highest BCUT2D eigenvalue weighted by atomic mass is 79.9. The van der Waals surface area contributed by atoms with Gasteiger partial charge in [-0.15, -0.1) is 0 Å². The average Bonchev–Trinajstić information content (AvgIpc) is 3.43. The monoisotopic (exact) mass is 548 g/mol. The van der Waals surface area contributed by atoms with Crippen molar-refractivity contribution in [3.8, 4) is 5.75 Å². The molecule has 3 nitrogen and oxygen atoms in total. The summed E-state index contributed by atoms with van der Waals surface area (Å²) in [6.45, 7) is 2.71. The van der Waals surface area contributed by atoms with Gasteiger partial charge in [0.25, 0.3) is 0 Å². The molecule has 1 aliphatic carbocycles. The number of fused-ring (bicyclic) bond motifs is 3. The van der Waals surface area contributed by atoms with Gasteiger partial charge in [-0.3, -0.25) is 4.99 Å². The zero-order valence-corrected chi connectivity index (χ0v) is 22.4. The van der Waals surface area contributed by atoms with Crippen molar-refractivity contribution in [3.63, 3.8) is 0 Å². The molecule has 0 saturated heterocycles. The zero-order valence-electron chi connectivity index (χ0n) is 20.8. The van der Waals surface area contributed by atoms with E-state index in [4.69, 9.17) is 9.73 Å². The second kappa shape index (κ2) is 10.4. The number of benzene rings is 4. The van der Waals surface area contributed by atoms with Gasteiger partial charge in [-0.1, -0.05) is 72.3 Å². The fraction of sp³-hybridized carbons (Fsp3) is 0.182. The van der Waals surface area contributed by atoms with Crippen LogP contribution in [0.2, 0.25) is 0 Å². The van der Waals surface area contributed by atoms with Crippen LogP contribution in [-0.2, 0) is 6.61 Å². The van der Waals surface area contributed by atoms with Crippen molar-refractivity contribution in [1.82, 2.24) is 0 Å². The topological polar surface area (TPSA) is 33.6 Å². The number of anilines is 1. The third-order valence-electron chi connectivity index (χ3n) is 7.33. The largest absolute Gasteiger partial charge is 0.488 e. The number of ether oxygens (including phenoxy) is 1. The predicted octanol–water partition coefficient (Wildman–Crippen LogP) is 8.91. The van der Waals surface area contributed by atoms with Gasteiger partial charge in [-0.05, 0) is 93.8 Å². The van der Waals surface area contributed by atoms with E-state index < -0.39 is 0 Å². The smallest absolute Gasteiger partial charge is 0.134 e. The van der Waals surface area contributed by atoms with Crippen LogP contribution < -0.4 is 10.1 Å². The van der Waals surface area contributed by atoms with Crippen LogP contribution in [0.4, 0.5) is 11.4 Å². The minimum Gasteiger partial charge on any atom is -0.488 e. The summed E-state index contributed by atoms with van der Waals surface area (Å²) >= 11 is 3.64. The van der Waals surface area contributed by atoms with E-state index in [1.807, 2.05) is 42.6 Å². The number of aliphatic imine (C=N–C) groups is 1. The Morgan fingerprint density at radius 2 is 1.81 bits per heavy atom. The van der Waals surface area contributed by atoms with Crippen LogP contribution in [0, 0.1) is 12.8 Å². The van der Waals surface area contributed by atoms with E-state index in [1.54, 1.807) is 0 Å². The van der Waals surface area contributed by atoms with Gasteiger partial charge in [-0.25, -0.2) is 0 Å². The van der Waals surface area contributed by atoms with Crippen LogP contribution in [0.15, 0.2) is 113 Å². The number of allylic oxidation sites excluding steroid dienone is 2. The van der Waals surface area contributed by atoms with Crippen molar-refractivity contribution in [2.75, 3.05) is 5.32 Å². The second-order valence-electron chi connectivity index (χ2n) is 9.88. The van der Waals surface area contributed by atoms with Gasteiger partial charge < -0.3 is 10.1 Å². The summed E-state index contributed by atoms with van der Waals surface area (Å²) in [6, 6.07) is 32.0. The van der Waals surface area contributed by atoms with E-state index in [0.717, 1.165) is 33.5 Å². The molecule has 0 fully saturated rings. The Hall–Kier alpha value is -3.63. The van der Waals surface area contributed by atoms with Gasteiger partial charge in [0.15, 0.2) is 0 Å². The summed E-state index contributed by atoms with van der Waals surface area (Å²) in [5.74, 6) is 1.85. The molecule has 6 rings (SSSR count). The predicted molar refractivity (Wildman–Crippen MR) is 156 cm³/mol. The Labute approximate surface area is 227 Å². The van der Waals surface area contributed by atoms with Gasteiger partial charge in [0.2, 0.25) is 0 Å². The molecule has 37 heavy (non-hydrogen) atoms. The van der Waals surface area contributed by atoms with Gasteiger partial charge >= 0.3 is 0 Å². The number of nitrogens with zero attached hydrogens (tertiary/aromatic N) is 1. The van der Waals surface area contributed by atoms with E-state index in [0.29, 0.717) is 24.5 Å². The molecule has 0 aromatic heterocycles. The number of rotatable bonds is 6. The normalized spacial score (nSPS) is 19.9. The van der Waals surface area contributed by atoms with Crippen LogP contribution >= 0.6 is 15.9 Å². The van der Waals surface area contributed by atoms with Crippen LogP contribution in [-0.4, -0.2) is 6.21 Å². The summed E-state index contributed by atoms with van der Waals surface area (Å²) in [5.41, 5.74) is 8.42. The molecular weight excluding hydrogens is 520 g/mol. The third-order valence-corrected chi connectivity index (χ3v) is 7.95. The fourth-order valence-electron chi connectivity index (χ4n) is 5.41. The first kappa shape index (κ1) is 23.7. The van der Waals surface area contributed by atoms with Crippen molar-refractivity contribution < 1.29 is 4.74 Å². The fourth-order valence-corrected chi connectivity index (χ4v) is 5.92. The molecule has 4 aromatic rings. The summed E-state index contributed by atoms with van der Waals surface area (Å²) in [6.07, 6.45) is 7.74. The molecule has 1 heterocycles. The number of aryl methyl sites for hydroxylation is 1. The molecule has 3 atom stereocenters. The highest BCUT2D eigenvalue weighted by Gasteiger charge is 2.37. The molecule has 0 radical (unpaired) electrons. The molecule has 0 bridgehead atoms. The van der Waals surface area contributed by atoms with Crippen LogP contribution in [0.25, 0.3) is 0 Å². The Bertz CT molecular complexity index is 1460. The molecule has 4 aromatic carbocycles. The third kappa shape index (κ3) is 5.12. The van der Waals surface area contributed by atoms with E-state index >= 15 is 0 Å². The molecule has 0 saturated carbocycles. The Balaban J connectivity index is 1.14. The molecular formula is C33H29BrN2O. The van der Waals surface area contributed by atoms with Crippen molar-refractivity contribution in [1.29, 1.82) is 0 Å². The van der Waals surface area contributed by atoms with Crippen LogP contribution in [0.1, 0.15) is 46.2 Å². The maximum Gasteiger partial charge on any atom is 0.134 e. The summed E-state index contributed by atoms with van der Waals surface area (Å²) in [4.78, 5) is 4.72. The highest BCUT2D eigenvalue weighted by molar-refractivity contribution is 9.10. The van der Waals surface area contributed by atoms with E-state index in [2.05, 4.69) is 94.9 Å². The van der Waals surface area contributed by atoms with Crippen molar-refractivity contribution in [2.45, 2.75) is 31.9 Å². The van der Waals surface area contributed by atoms with E-state index in [1.165, 1.54) is 22.4 Å². The lowest BCUT2D eigenvalue weighted by Gasteiger charge is -2.37. The Morgan fingerprint density at radius 3 is 2.62 bits per heavy atom. The van der Waals surface area contributed by atoms with Crippen molar-refractivity contribution in [3.05, 3.63) is 135 Å². The van der Waals surface area contributed by atoms with E-state index in [-0.39, 0.29) is 0 Å². The van der Waals surface area contributed by atoms with E-state index in [9.17, 15) is 0 Å². The number of halogens is 1. The molecule has 0 spiro atoms. The Kier molecular flexibility index (Phi) is 6.67. The van der Waals surface area contributed by atoms with Crippen molar-refractivity contribution in [2.24, 2.45) is 10.9 Å². The van der Waals surface area contributed by atoms with Crippen LogP contribution in [0.5, 0.6) is 5.75 Å². The van der Waals surface area contributed by atoms with Gasteiger partial charge in [0, 0.05) is 17.8 Å². The first-order valence-corrected chi connectivity index (χ1v) is 13.6. The minimum absolute atomic E-state index is 0.299. The lowest BCUT2D eigenvalue weighted by molar-refractivity contribution is 0.304. The van der Waals surface area contributed by atoms with Gasteiger partial charge in [0.1, 0.15) is 12.4 Å². The zero-order chi connectivity index (χ0) is 25.2. The quantitative estimate of drug-likeness (QED) is 0.192. The molecule has 1 N–H and O–H groups in total. The summed E-state index contributed by atoms with van der Waals surface area (Å²) in [5, 5.41) is 3.83. The molecule has 0 amide bonds. The molecule has 1 aliphatic heterocycles.